The third-order valence-corrected chi connectivity index (χ3v) is 7.46. The first-order chi connectivity index (χ1) is 17.3. The van der Waals surface area contributed by atoms with Crippen molar-refractivity contribution in [1.29, 1.82) is 0 Å². The van der Waals surface area contributed by atoms with Crippen LogP contribution in [0.15, 0.2) is 41.0 Å². The van der Waals surface area contributed by atoms with Gasteiger partial charge in [-0.2, -0.15) is 15.0 Å². The maximum absolute atomic E-state index is 14.5. The Bertz CT molecular complexity index is 1430. The van der Waals surface area contributed by atoms with E-state index in [4.69, 9.17) is 9.47 Å². The van der Waals surface area contributed by atoms with Gasteiger partial charge in [0.2, 0.25) is 5.75 Å². The number of pyridine rings is 1. The zero-order chi connectivity index (χ0) is 25.4. The van der Waals surface area contributed by atoms with Crippen LogP contribution in [0.2, 0.25) is 0 Å². The van der Waals surface area contributed by atoms with Crippen molar-refractivity contribution in [2.45, 2.75) is 32.5 Å². The summed E-state index contributed by atoms with van der Waals surface area (Å²) in [5.41, 5.74) is 3.56. The maximum Gasteiger partial charge on any atom is 0.406 e. The monoisotopic (exact) mass is 573 g/mol. The highest BCUT2D eigenvalue weighted by atomic mass is 79.9. The lowest BCUT2D eigenvalue weighted by Crippen LogP contribution is -2.08. The second kappa shape index (κ2) is 10.0. The summed E-state index contributed by atoms with van der Waals surface area (Å²) in [7, 11) is 1.72. The molecule has 0 amide bonds. The topological polar surface area (TPSA) is 105 Å². The molecular weight excluding hydrogens is 553 g/mol. The van der Waals surface area contributed by atoms with Crippen LogP contribution in [-0.2, 0) is 31.2 Å². The van der Waals surface area contributed by atoms with Gasteiger partial charge in [0.25, 0.3) is 0 Å². The molecule has 36 heavy (non-hydrogen) atoms. The molecule has 0 saturated heterocycles. The SMILES string of the molecule is C[C@@H](Oc1cc(Br)cnc1[N+](=O)[O-])c1ccc(F)cc1-c1nn(C)nc1Cc1cc2c(s1)CCOC2. The van der Waals surface area contributed by atoms with Gasteiger partial charge in [0.15, 0.2) is 6.20 Å². The minimum absolute atomic E-state index is 0.00269. The van der Waals surface area contributed by atoms with Crippen LogP contribution in [0.25, 0.3) is 11.3 Å². The molecule has 186 valence electrons. The molecule has 12 heteroatoms. The highest BCUT2D eigenvalue weighted by molar-refractivity contribution is 9.10. The number of halogens is 2. The van der Waals surface area contributed by atoms with Crippen LogP contribution in [0.4, 0.5) is 10.2 Å². The Morgan fingerprint density at radius 3 is 2.94 bits per heavy atom. The van der Waals surface area contributed by atoms with Crippen molar-refractivity contribution in [3.8, 4) is 17.0 Å². The van der Waals surface area contributed by atoms with Crippen LogP contribution in [0, 0.1) is 15.9 Å². The molecule has 4 aromatic rings. The number of hydrogen-bond acceptors (Lipinski definition) is 8. The molecule has 1 aliphatic heterocycles. The van der Waals surface area contributed by atoms with Gasteiger partial charge in [-0.15, -0.1) is 11.3 Å². The third-order valence-electron chi connectivity index (χ3n) is 5.79. The molecule has 3 aromatic heterocycles. The van der Waals surface area contributed by atoms with Crippen LogP contribution in [-0.4, -0.2) is 31.5 Å². The molecule has 9 nitrogen and oxygen atoms in total. The van der Waals surface area contributed by atoms with E-state index in [0.717, 1.165) is 17.9 Å². The molecule has 0 aliphatic carbocycles. The predicted octanol–water partition coefficient (Wildman–Crippen LogP) is 5.55. The molecule has 1 atom stereocenters. The number of aromatic nitrogens is 4. The average molecular weight is 574 g/mol. The fourth-order valence-corrected chi connectivity index (χ4v) is 5.69. The molecule has 0 radical (unpaired) electrons. The van der Waals surface area contributed by atoms with Crippen LogP contribution in [0.5, 0.6) is 5.75 Å². The molecule has 0 saturated carbocycles. The summed E-state index contributed by atoms with van der Waals surface area (Å²) in [4.78, 5) is 18.6. The van der Waals surface area contributed by atoms with Gasteiger partial charge < -0.3 is 19.6 Å². The van der Waals surface area contributed by atoms with E-state index in [9.17, 15) is 14.5 Å². The van der Waals surface area contributed by atoms with E-state index in [1.54, 1.807) is 31.4 Å². The fraction of sp³-hybridized carbons (Fsp3) is 0.292. The summed E-state index contributed by atoms with van der Waals surface area (Å²) in [6.45, 7) is 3.07. The summed E-state index contributed by atoms with van der Waals surface area (Å²) >= 11 is 5.01. The van der Waals surface area contributed by atoms with Crippen molar-refractivity contribution in [1.82, 2.24) is 20.0 Å². The number of hydrogen-bond donors (Lipinski definition) is 0. The molecule has 1 aliphatic rings. The van der Waals surface area contributed by atoms with Gasteiger partial charge in [-0.25, -0.2) is 4.39 Å². The van der Waals surface area contributed by atoms with E-state index >= 15 is 0 Å². The minimum atomic E-state index is -0.670. The van der Waals surface area contributed by atoms with Gasteiger partial charge in [0.05, 0.1) is 23.4 Å². The molecule has 5 rings (SSSR count). The number of nitrogens with zero attached hydrogens (tertiary/aromatic N) is 5. The van der Waals surface area contributed by atoms with E-state index in [-0.39, 0.29) is 5.75 Å². The molecule has 0 bridgehead atoms. The maximum atomic E-state index is 14.5. The Morgan fingerprint density at radius 1 is 1.33 bits per heavy atom. The minimum Gasteiger partial charge on any atom is -0.478 e. The number of ether oxygens (including phenoxy) is 2. The molecule has 0 N–H and O–H groups in total. The second-order valence-electron chi connectivity index (χ2n) is 8.35. The lowest BCUT2D eigenvalue weighted by molar-refractivity contribution is -0.390. The van der Waals surface area contributed by atoms with Crippen molar-refractivity contribution in [2.75, 3.05) is 6.61 Å². The standard InChI is InChI=1S/C24H21BrFN5O4S/c1-13(35-21-8-15(25)11-27-24(21)31(32)33)18-4-3-16(26)9-19(18)23-20(28-30(2)29-23)10-17-7-14-12-34-6-5-22(14)36-17/h3-4,7-9,11,13H,5-6,10,12H2,1-2H3/t13-/m1/s1. The molecule has 0 unspecified atom stereocenters. The quantitative estimate of drug-likeness (QED) is 0.211. The molecule has 0 spiro atoms. The fourth-order valence-electron chi connectivity index (χ4n) is 4.22. The molecule has 0 fully saturated rings. The van der Waals surface area contributed by atoms with E-state index in [1.165, 1.54) is 39.6 Å². The van der Waals surface area contributed by atoms with Gasteiger partial charge in [0.1, 0.15) is 17.6 Å². The Kier molecular flexibility index (Phi) is 6.82. The van der Waals surface area contributed by atoms with E-state index in [2.05, 4.69) is 37.2 Å². The zero-order valence-corrected chi connectivity index (χ0v) is 21.8. The number of thiophene rings is 1. The van der Waals surface area contributed by atoms with Crippen molar-refractivity contribution in [3.05, 3.63) is 83.5 Å². The summed E-state index contributed by atoms with van der Waals surface area (Å²) in [6, 6.07) is 7.95. The van der Waals surface area contributed by atoms with E-state index in [1.807, 2.05) is 0 Å². The number of benzene rings is 1. The smallest absolute Gasteiger partial charge is 0.406 e. The summed E-state index contributed by atoms with van der Waals surface area (Å²) in [5.74, 6) is -0.834. The van der Waals surface area contributed by atoms with Crippen LogP contribution < -0.4 is 4.74 Å². The van der Waals surface area contributed by atoms with Gasteiger partial charge in [-0.1, -0.05) is 6.07 Å². The van der Waals surface area contributed by atoms with E-state index in [0.29, 0.717) is 40.0 Å². The average Bonchev–Trinajstić information content (AvgIpc) is 3.41. The third kappa shape index (κ3) is 5.01. The van der Waals surface area contributed by atoms with Crippen molar-refractivity contribution >= 4 is 33.1 Å². The number of rotatable bonds is 7. The van der Waals surface area contributed by atoms with Crippen LogP contribution in [0.1, 0.15) is 39.6 Å². The van der Waals surface area contributed by atoms with Gasteiger partial charge in [0, 0.05) is 46.8 Å². The lowest BCUT2D eigenvalue weighted by Gasteiger charge is -2.18. The van der Waals surface area contributed by atoms with Crippen molar-refractivity contribution < 1.29 is 18.8 Å². The Hall–Kier alpha value is -3.22. The Balaban J connectivity index is 1.51. The predicted molar refractivity (Wildman–Crippen MR) is 135 cm³/mol. The normalized spacial score (nSPS) is 13.9. The summed E-state index contributed by atoms with van der Waals surface area (Å²) < 4.78 is 26.5. The highest BCUT2D eigenvalue weighted by Crippen LogP contribution is 2.37. The molecule has 1 aromatic carbocycles. The first-order valence-corrected chi connectivity index (χ1v) is 12.7. The van der Waals surface area contributed by atoms with Gasteiger partial charge in [-0.3, -0.25) is 0 Å². The van der Waals surface area contributed by atoms with Crippen molar-refractivity contribution in [3.63, 3.8) is 0 Å². The number of fused-ring (bicyclic) bond motifs is 1. The van der Waals surface area contributed by atoms with E-state index < -0.39 is 22.7 Å². The lowest BCUT2D eigenvalue weighted by atomic mass is 9.98. The largest absolute Gasteiger partial charge is 0.478 e. The van der Waals surface area contributed by atoms with Crippen LogP contribution >= 0.6 is 27.3 Å². The zero-order valence-electron chi connectivity index (χ0n) is 19.4. The summed E-state index contributed by atoms with van der Waals surface area (Å²) in [5, 5.41) is 20.6. The Labute approximate surface area is 218 Å². The Morgan fingerprint density at radius 2 is 2.17 bits per heavy atom. The number of aryl methyl sites for hydroxylation is 1. The molecular formula is C24H21BrFN5O4S. The van der Waals surface area contributed by atoms with Gasteiger partial charge in [-0.05, 0) is 56.5 Å². The second-order valence-corrected chi connectivity index (χ2v) is 10.5. The van der Waals surface area contributed by atoms with Crippen molar-refractivity contribution in [2.24, 2.45) is 7.05 Å². The first-order valence-electron chi connectivity index (χ1n) is 11.1. The first kappa shape index (κ1) is 24.5. The molecule has 4 heterocycles. The number of nitro groups is 1. The van der Waals surface area contributed by atoms with Gasteiger partial charge >= 0.3 is 5.82 Å². The highest BCUT2D eigenvalue weighted by Gasteiger charge is 2.25. The summed E-state index contributed by atoms with van der Waals surface area (Å²) in [6.07, 6.45) is 2.09. The van der Waals surface area contributed by atoms with Crippen LogP contribution in [0.3, 0.4) is 0 Å².